The molecule has 0 radical (unpaired) electrons. The number of benzene rings is 1. The Morgan fingerprint density at radius 1 is 1.25 bits per heavy atom. The lowest BCUT2D eigenvalue weighted by molar-refractivity contribution is 0.0600. The average molecular weight is 422 g/mol. The summed E-state index contributed by atoms with van der Waals surface area (Å²) in [6.07, 6.45) is 0. The van der Waals surface area contributed by atoms with Crippen molar-refractivity contribution in [1.29, 1.82) is 0 Å². The molecule has 3 rings (SSSR count). The van der Waals surface area contributed by atoms with E-state index in [1.807, 2.05) is 17.5 Å². The Kier molecular flexibility index (Phi) is 6.22. The molecule has 28 heavy (non-hydrogen) atoms. The Morgan fingerprint density at radius 3 is 2.61 bits per heavy atom. The van der Waals surface area contributed by atoms with Crippen molar-refractivity contribution in [3.63, 3.8) is 0 Å². The topological polar surface area (TPSA) is 103 Å². The summed E-state index contributed by atoms with van der Waals surface area (Å²) in [5.41, 5.74) is 0.930. The maximum atomic E-state index is 12.8. The van der Waals surface area contributed by atoms with Gasteiger partial charge in [0.05, 0.1) is 29.8 Å². The van der Waals surface area contributed by atoms with E-state index >= 15 is 0 Å². The van der Waals surface area contributed by atoms with Gasteiger partial charge in [-0.1, -0.05) is 30.3 Å². The van der Waals surface area contributed by atoms with Crippen LogP contribution in [0, 0.1) is 0 Å². The van der Waals surface area contributed by atoms with E-state index in [9.17, 15) is 13.2 Å². The van der Waals surface area contributed by atoms with Gasteiger partial charge in [0.2, 0.25) is 21.7 Å². The van der Waals surface area contributed by atoms with Crippen molar-refractivity contribution in [2.45, 2.75) is 19.2 Å². The molecule has 1 aromatic carbocycles. The van der Waals surface area contributed by atoms with Crippen molar-refractivity contribution in [3.8, 4) is 10.7 Å². The van der Waals surface area contributed by atoms with Gasteiger partial charge in [0, 0.05) is 6.54 Å². The number of esters is 1. The van der Waals surface area contributed by atoms with Crippen LogP contribution in [0.25, 0.3) is 10.7 Å². The monoisotopic (exact) mass is 421 g/mol. The average Bonchev–Trinajstić information content (AvgIpc) is 3.37. The van der Waals surface area contributed by atoms with Gasteiger partial charge in [-0.05, 0) is 29.1 Å². The summed E-state index contributed by atoms with van der Waals surface area (Å²) in [5.74, 6) is 0.00282. The molecule has 0 spiro atoms. The molecule has 0 aliphatic heterocycles. The van der Waals surface area contributed by atoms with Crippen LogP contribution in [0.1, 0.15) is 28.7 Å². The van der Waals surface area contributed by atoms with Crippen molar-refractivity contribution in [2.24, 2.45) is 0 Å². The van der Waals surface area contributed by atoms with Gasteiger partial charge in [0.25, 0.3) is 0 Å². The second-order valence-corrected chi connectivity index (χ2v) is 8.78. The fraction of sp³-hybridized carbons (Fsp3) is 0.278. The molecule has 10 heteroatoms. The molecule has 0 amide bonds. The molecule has 2 heterocycles. The highest BCUT2D eigenvalue weighted by atomic mass is 32.2. The van der Waals surface area contributed by atoms with Gasteiger partial charge in [0.1, 0.15) is 0 Å². The number of carbonyl (C=O) groups excluding carboxylic acids is 1. The molecule has 0 aliphatic rings. The maximum absolute atomic E-state index is 12.8. The highest BCUT2D eigenvalue weighted by Crippen LogP contribution is 2.22. The number of ether oxygens (including phenoxy) is 1. The van der Waals surface area contributed by atoms with Gasteiger partial charge in [-0.3, -0.25) is 0 Å². The first-order chi connectivity index (χ1) is 13.4. The first-order valence-corrected chi connectivity index (χ1v) is 10.9. The molecule has 0 fully saturated rings. The van der Waals surface area contributed by atoms with E-state index in [4.69, 9.17) is 4.52 Å². The molecule has 8 nitrogen and oxygen atoms in total. The van der Waals surface area contributed by atoms with Crippen molar-refractivity contribution >= 4 is 27.3 Å². The minimum Gasteiger partial charge on any atom is -0.465 e. The highest BCUT2D eigenvalue weighted by molar-refractivity contribution is 7.88. The number of sulfonamides is 1. The summed E-state index contributed by atoms with van der Waals surface area (Å²) in [6, 6.07) is 10.0. The minimum absolute atomic E-state index is 0.00253. The molecule has 0 saturated carbocycles. The van der Waals surface area contributed by atoms with Gasteiger partial charge in [-0.25, -0.2) is 13.2 Å². The van der Waals surface area contributed by atoms with Crippen molar-refractivity contribution in [1.82, 2.24) is 14.4 Å². The van der Waals surface area contributed by atoms with Gasteiger partial charge < -0.3 is 9.26 Å². The molecule has 0 N–H and O–H groups in total. The molecule has 148 valence electrons. The fourth-order valence-corrected chi connectivity index (χ4v) is 4.69. The summed E-state index contributed by atoms with van der Waals surface area (Å²) < 4.78 is 36.7. The summed E-state index contributed by atoms with van der Waals surface area (Å²) >= 11 is 1.48. The molecule has 3 aromatic rings. The van der Waals surface area contributed by atoms with E-state index in [-0.39, 0.29) is 24.7 Å². The normalized spacial score (nSPS) is 11.7. The molecule has 2 aromatic heterocycles. The molecule has 0 aliphatic carbocycles. The zero-order valence-electron chi connectivity index (χ0n) is 15.4. The van der Waals surface area contributed by atoms with Crippen LogP contribution in [0.3, 0.4) is 0 Å². The van der Waals surface area contributed by atoms with E-state index in [0.717, 1.165) is 4.88 Å². The van der Waals surface area contributed by atoms with E-state index in [1.54, 1.807) is 19.1 Å². The largest absolute Gasteiger partial charge is 0.465 e. The number of hydrogen-bond donors (Lipinski definition) is 0. The number of rotatable bonds is 8. The predicted molar refractivity (Wildman–Crippen MR) is 104 cm³/mol. The van der Waals surface area contributed by atoms with Crippen molar-refractivity contribution in [3.05, 3.63) is 58.8 Å². The van der Waals surface area contributed by atoms with Crippen molar-refractivity contribution in [2.75, 3.05) is 13.7 Å². The van der Waals surface area contributed by atoms with Crippen molar-refractivity contribution < 1.29 is 22.5 Å². The van der Waals surface area contributed by atoms with E-state index in [2.05, 4.69) is 14.9 Å². The van der Waals surface area contributed by atoms with Crippen LogP contribution in [0.5, 0.6) is 0 Å². The first kappa shape index (κ1) is 20.2. The van der Waals surface area contributed by atoms with E-state index in [1.165, 1.54) is 34.9 Å². The highest BCUT2D eigenvalue weighted by Gasteiger charge is 2.24. The van der Waals surface area contributed by atoms with Crippen LogP contribution in [0.15, 0.2) is 46.3 Å². The lowest BCUT2D eigenvalue weighted by atomic mass is 10.1. The van der Waals surface area contributed by atoms with Crippen LogP contribution in [0.4, 0.5) is 0 Å². The standard InChI is InChI=1S/C18H19N3O5S2/c1-3-21(11-16-19-17(20-26-16)15-5-4-10-27-15)28(23,24)12-13-6-8-14(9-7-13)18(22)25-2/h4-10H,3,11-12H2,1-2H3. The van der Waals surface area contributed by atoms with E-state index in [0.29, 0.717) is 17.0 Å². The zero-order chi connectivity index (χ0) is 20.1. The number of aromatic nitrogens is 2. The summed E-state index contributed by atoms with van der Waals surface area (Å²) in [7, 11) is -2.32. The SMILES string of the molecule is CCN(Cc1nc(-c2cccs2)no1)S(=O)(=O)Cc1ccc(C(=O)OC)cc1. The van der Waals surface area contributed by atoms with Gasteiger partial charge >= 0.3 is 5.97 Å². The third kappa shape index (κ3) is 4.64. The summed E-state index contributed by atoms with van der Waals surface area (Å²) in [5, 5.41) is 5.81. The molecule has 0 unspecified atom stereocenters. The van der Waals surface area contributed by atoms with Crippen LogP contribution < -0.4 is 0 Å². The Labute approximate surface area is 166 Å². The summed E-state index contributed by atoms with van der Waals surface area (Å²) in [6.45, 7) is 2.01. The molecular weight excluding hydrogens is 402 g/mol. The maximum Gasteiger partial charge on any atom is 0.337 e. The van der Waals surface area contributed by atoms with Crippen LogP contribution in [0.2, 0.25) is 0 Å². The number of hydrogen-bond acceptors (Lipinski definition) is 8. The smallest absolute Gasteiger partial charge is 0.337 e. The van der Waals surface area contributed by atoms with Crippen LogP contribution >= 0.6 is 11.3 Å². The van der Waals surface area contributed by atoms with Gasteiger partial charge in [-0.15, -0.1) is 11.3 Å². The third-order valence-electron chi connectivity index (χ3n) is 3.99. The lowest BCUT2D eigenvalue weighted by Gasteiger charge is -2.18. The Hall–Kier alpha value is -2.56. The summed E-state index contributed by atoms with van der Waals surface area (Å²) in [4.78, 5) is 16.6. The third-order valence-corrected chi connectivity index (χ3v) is 6.73. The fourth-order valence-electron chi connectivity index (χ4n) is 2.54. The molecule has 0 bridgehead atoms. The lowest BCUT2D eigenvalue weighted by Crippen LogP contribution is -2.31. The number of thiophene rings is 1. The second kappa shape index (κ2) is 8.63. The Balaban J connectivity index is 1.71. The predicted octanol–water partition coefficient (Wildman–Crippen LogP) is 2.94. The molecule has 0 saturated heterocycles. The van der Waals surface area contributed by atoms with Crippen LogP contribution in [-0.2, 0) is 27.1 Å². The number of carbonyl (C=O) groups is 1. The van der Waals surface area contributed by atoms with Gasteiger partial charge in [-0.2, -0.15) is 9.29 Å². The molecule has 0 atom stereocenters. The van der Waals surface area contributed by atoms with Crippen LogP contribution in [-0.4, -0.2) is 42.5 Å². The second-order valence-electron chi connectivity index (χ2n) is 5.86. The number of nitrogens with zero attached hydrogens (tertiary/aromatic N) is 3. The van der Waals surface area contributed by atoms with E-state index < -0.39 is 16.0 Å². The number of methoxy groups -OCH3 is 1. The minimum atomic E-state index is -3.61. The first-order valence-electron chi connectivity index (χ1n) is 8.44. The molecular formula is C18H19N3O5S2. The quantitative estimate of drug-likeness (QED) is 0.515. The Bertz CT molecular complexity index is 1030. The Morgan fingerprint density at radius 2 is 2.00 bits per heavy atom. The van der Waals surface area contributed by atoms with Gasteiger partial charge in [0.15, 0.2) is 0 Å². The zero-order valence-corrected chi connectivity index (χ0v) is 17.0.